The Kier molecular flexibility index (Phi) is 5.63. The van der Waals surface area contributed by atoms with Crippen molar-refractivity contribution in [3.05, 3.63) is 52.1 Å². The summed E-state index contributed by atoms with van der Waals surface area (Å²) in [5.74, 6) is 0.637. The minimum Gasteiger partial charge on any atom is -0.368 e. The van der Waals surface area contributed by atoms with Gasteiger partial charge < -0.3 is 14.7 Å². The molecule has 0 N–H and O–H groups in total. The van der Waals surface area contributed by atoms with Crippen LogP contribution >= 0.6 is 11.3 Å². The van der Waals surface area contributed by atoms with Gasteiger partial charge in [-0.1, -0.05) is 18.2 Å². The van der Waals surface area contributed by atoms with E-state index in [4.69, 9.17) is 4.98 Å². The Morgan fingerprint density at radius 1 is 0.903 bits per heavy atom. The van der Waals surface area contributed by atoms with Crippen LogP contribution in [0.2, 0.25) is 0 Å². The van der Waals surface area contributed by atoms with Gasteiger partial charge in [0.1, 0.15) is 11.2 Å². The number of rotatable bonds is 4. The lowest BCUT2D eigenvalue weighted by molar-refractivity contribution is -0.132. The summed E-state index contributed by atoms with van der Waals surface area (Å²) >= 11 is 1.40. The second-order valence-electron chi connectivity index (χ2n) is 8.19. The van der Waals surface area contributed by atoms with E-state index in [1.165, 1.54) is 23.4 Å². The fourth-order valence-corrected chi connectivity index (χ4v) is 5.28. The van der Waals surface area contributed by atoms with E-state index in [9.17, 15) is 9.59 Å². The van der Waals surface area contributed by atoms with Gasteiger partial charge in [0.05, 0.1) is 5.52 Å². The molecule has 5 rings (SSSR count). The van der Waals surface area contributed by atoms with Gasteiger partial charge in [0, 0.05) is 45.0 Å². The molecule has 2 aliphatic heterocycles. The Hall–Kier alpha value is -2.87. The fourth-order valence-electron chi connectivity index (χ4n) is 4.50. The molecule has 7 nitrogen and oxygen atoms in total. The van der Waals surface area contributed by atoms with Crippen LogP contribution in [0, 0.1) is 0 Å². The standard InChI is InChI=1S/C23H27N5O2S/c29-20(26-14-12-25(13-15-26)18-7-3-1-4-8-18)17-28-22(30)21-19(9-16-31-21)24-23(28)27-10-5-2-6-11-27/h1,3-4,7-9,16H,2,5-6,10-15,17H2. The fraction of sp³-hybridized carbons (Fsp3) is 0.435. The molecule has 2 aromatic heterocycles. The third kappa shape index (κ3) is 4.04. The lowest BCUT2D eigenvalue weighted by Crippen LogP contribution is -2.50. The average Bonchev–Trinajstić information content (AvgIpc) is 3.31. The Morgan fingerprint density at radius 3 is 2.39 bits per heavy atom. The minimum absolute atomic E-state index is 0.00854. The van der Waals surface area contributed by atoms with Crippen LogP contribution in [-0.2, 0) is 11.3 Å². The number of nitrogens with zero attached hydrogens (tertiary/aromatic N) is 5. The largest absolute Gasteiger partial charge is 0.368 e. The maximum atomic E-state index is 13.2. The SMILES string of the molecule is O=C(Cn1c(N2CCCCC2)nc2ccsc2c1=O)N1CCN(c2ccccc2)CC1. The average molecular weight is 438 g/mol. The van der Waals surface area contributed by atoms with Crippen molar-refractivity contribution in [3.8, 4) is 0 Å². The number of anilines is 2. The zero-order valence-corrected chi connectivity index (χ0v) is 18.4. The first-order valence-corrected chi connectivity index (χ1v) is 11.9. The highest BCUT2D eigenvalue weighted by atomic mass is 32.1. The van der Waals surface area contributed by atoms with Crippen LogP contribution in [-0.4, -0.2) is 59.6 Å². The molecule has 1 amide bonds. The van der Waals surface area contributed by atoms with Crippen molar-refractivity contribution < 1.29 is 4.79 Å². The first-order chi connectivity index (χ1) is 15.2. The number of benzene rings is 1. The van der Waals surface area contributed by atoms with E-state index in [1.807, 2.05) is 34.5 Å². The normalized spacial score (nSPS) is 17.4. The summed E-state index contributed by atoms with van der Waals surface area (Å²) < 4.78 is 2.23. The number of carbonyl (C=O) groups excluding carboxylic acids is 1. The van der Waals surface area contributed by atoms with Crippen molar-refractivity contribution in [1.82, 2.24) is 14.5 Å². The molecule has 31 heavy (non-hydrogen) atoms. The number of para-hydroxylation sites is 1. The molecule has 162 valence electrons. The van der Waals surface area contributed by atoms with Crippen molar-refractivity contribution in [1.29, 1.82) is 0 Å². The van der Waals surface area contributed by atoms with Gasteiger partial charge in [0.2, 0.25) is 11.9 Å². The molecule has 0 atom stereocenters. The van der Waals surface area contributed by atoms with Crippen molar-refractivity contribution in [2.75, 3.05) is 49.1 Å². The second kappa shape index (κ2) is 8.70. The van der Waals surface area contributed by atoms with Gasteiger partial charge in [0.25, 0.3) is 5.56 Å². The summed E-state index contributed by atoms with van der Waals surface area (Å²) in [5, 5.41) is 1.90. The molecule has 0 aliphatic carbocycles. The molecule has 4 heterocycles. The maximum Gasteiger partial charge on any atom is 0.273 e. The number of carbonyl (C=O) groups is 1. The molecule has 2 fully saturated rings. The molecule has 0 radical (unpaired) electrons. The predicted molar refractivity (Wildman–Crippen MR) is 125 cm³/mol. The third-order valence-electron chi connectivity index (χ3n) is 6.23. The highest BCUT2D eigenvalue weighted by Crippen LogP contribution is 2.22. The molecule has 1 aromatic carbocycles. The van der Waals surface area contributed by atoms with Crippen LogP contribution < -0.4 is 15.4 Å². The van der Waals surface area contributed by atoms with Crippen molar-refractivity contribution in [2.45, 2.75) is 25.8 Å². The molecule has 0 spiro atoms. The van der Waals surface area contributed by atoms with E-state index in [-0.39, 0.29) is 18.0 Å². The van der Waals surface area contributed by atoms with Gasteiger partial charge in [-0.15, -0.1) is 11.3 Å². The quantitative estimate of drug-likeness (QED) is 0.628. The van der Waals surface area contributed by atoms with E-state index in [1.54, 1.807) is 4.57 Å². The van der Waals surface area contributed by atoms with Crippen molar-refractivity contribution in [2.24, 2.45) is 0 Å². The number of thiophene rings is 1. The van der Waals surface area contributed by atoms with E-state index in [0.29, 0.717) is 23.7 Å². The number of hydrogen-bond donors (Lipinski definition) is 0. The Balaban J connectivity index is 1.35. The zero-order valence-electron chi connectivity index (χ0n) is 17.6. The number of fused-ring (bicyclic) bond motifs is 1. The lowest BCUT2D eigenvalue weighted by Gasteiger charge is -2.36. The monoisotopic (exact) mass is 437 g/mol. The summed E-state index contributed by atoms with van der Waals surface area (Å²) in [6.07, 6.45) is 3.38. The van der Waals surface area contributed by atoms with E-state index in [0.717, 1.165) is 44.5 Å². The van der Waals surface area contributed by atoms with E-state index >= 15 is 0 Å². The van der Waals surface area contributed by atoms with Crippen LogP contribution in [0.5, 0.6) is 0 Å². The Labute approximate surface area is 185 Å². The number of hydrogen-bond acceptors (Lipinski definition) is 6. The Bertz CT molecular complexity index is 1110. The predicted octanol–water partition coefficient (Wildman–Crippen LogP) is 2.80. The maximum absolute atomic E-state index is 13.2. The summed E-state index contributed by atoms with van der Waals surface area (Å²) in [7, 11) is 0. The van der Waals surface area contributed by atoms with Crippen LogP contribution in [0.15, 0.2) is 46.6 Å². The van der Waals surface area contributed by atoms with E-state index in [2.05, 4.69) is 21.9 Å². The third-order valence-corrected chi connectivity index (χ3v) is 7.12. The zero-order chi connectivity index (χ0) is 21.2. The molecule has 0 bridgehead atoms. The number of piperidine rings is 1. The first-order valence-electron chi connectivity index (χ1n) is 11.0. The second-order valence-corrected chi connectivity index (χ2v) is 9.11. The number of piperazine rings is 1. The molecule has 3 aromatic rings. The number of aromatic nitrogens is 2. The minimum atomic E-state index is -0.100. The van der Waals surface area contributed by atoms with Crippen molar-refractivity contribution in [3.63, 3.8) is 0 Å². The first kappa shape index (κ1) is 20.1. The van der Waals surface area contributed by atoms with Crippen LogP contribution in [0.25, 0.3) is 10.2 Å². The molecule has 0 saturated carbocycles. The topological polar surface area (TPSA) is 61.7 Å². The van der Waals surface area contributed by atoms with Gasteiger partial charge in [0.15, 0.2) is 0 Å². The molecule has 2 aliphatic rings. The molecule has 0 unspecified atom stereocenters. The smallest absolute Gasteiger partial charge is 0.273 e. The van der Waals surface area contributed by atoms with Gasteiger partial charge in [-0.2, -0.15) is 0 Å². The summed E-state index contributed by atoms with van der Waals surface area (Å²) in [5.41, 5.74) is 1.82. The highest BCUT2D eigenvalue weighted by Gasteiger charge is 2.25. The Morgan fingerprint density at radius 2 is 1.65 bits per heavy atom. The molecular weight excluding hydrogens is 410 g/mol. The summed E-state index contributed by atoms with van der Waals surface area (Å²) in [6, 6.07) is 12.2. The van der Waals surface area contributed by atoms with E-state index < -0.39 is 0 Å². The van der Waals surface area contributed by atoms with Crippen LogP contribution in [0.4, 0.5) is 11.6 Å². The lowest BCUT2D eigenvalue weighted by atomic mass is 10.1. The molecule has 2 saturated heterocycles. The van der Waals surface area contributed by atoms with Crippen LogP contribution in [0.1, 0.15) is 19.3 Å². The highest BCUT2D eigenvalue weighted by molar-refractivity contribution is 7.17. The summed E-state index contributed by atoms with van der Waals surface area (Å²) in [4.78, 5) is 37.6. The van der Waals surface area contributed by atoms with Gasteiger partial charge >= 0.3 is 0 Å². The summed E-state index contributed by atoms with van der Waals surface area (Å²) in [6.45, 7) is 4.74. The molecular formula is C23H27N5O2S. The molecule has 8 heteroatoms. The van der Waals surface area contributed by atoms with Crippen LogP contribution in [0.3, 0.4) is 0 Å². The van der Waals surface area contributed by atoms with Crippen molar-refractivity contribution >= 4 is 39.1 Å². The van der Waals surface area contributed by atoms with Gasteiger partial charge in [-0.3, -0.25) is 14.2 Å². The number of amides is 1. The van der Waals surface area contributed by atoms with Gasteiger partial charge in [-0.25, -0.2) is 4.98 Å². The van der Waals surface area contributed by atoms with Gasteiger partial charge in [-0.05, 0) is 42.8 Å².